The van der Waals surface area contributed by atoms with Crippen molar-refractivity contribution in [1.82, 2.24) is 5.32 Å². The monoisotopic (exact) mass is 191 g/mol. The van der Waals surface area contributed by atoms with E-state index in [2.05, 4.69) is 5.32 Å². The zero-order valence-corrected chi connectivity index (χ0v) is 8.49. The van der Waals surface area contributed by atoms with Gasteiger partial charge in [0.05, 0.1) is 0 Å². The molecule has 0 aromatic rings. The van der Waals surface area contributed by atoms with Crippen LogP contribution in [0.4, 0.5) is 0 Å². The van der Waals surface area contributed by atoms with Crippen molar-refractivity contribution in [2.24, 2.45) is 0 Å². The Bertz CT molecular complexity index is 122. The van der Waals surface area contributed by atoms with Gasteiger partial charge < -0.3 is 10.4 Å². The zero-order valence-electron chi connectivity index (χ0n) is 7.67. The maximum Gasteiger partial charge on any atom is 0.320 e. The van der Waals surface area contributed by atoms with Crippen LogP contribution in [0.5, 0.6) is 0 Å². The van der Waals surface area contributed by atoms with E-state index < -0.39 is 5.97 Å². The molecule has 12 heavy (non-hydrogen) atoms. The largest absolute Gasteiger partial charge is 0.480 e. The molecule has 3 nitrogen and oxygen atoms in total. The Labute approximate surface area is 77.9 Å². The molecule has 0 radical (unpaired) electrons. The Kier molecular flexibility index (Phi) is 7.29. The van der Waals surface area contributed by atoms with Gasteiger partial charge in [0.2, 0.25) is 0 Å². The molecular weight excluding hydrogens is 174 g/mol. The third-order valence-corrected chi connectivity index (χ3v) is 2.19. The Hall–Kier alpha value is -0.220. The molecule has 0 unspecified atom stereocenters. The third kappa shape index (κ3) is 5.43. The number of rotatable bonds is 7. The fourth-order valence-corrected chi connectivity index (χ4v) is 1.34. The minimum absolute atomic E-state index is 0.364. The van der Waals surface area contributed by atoms with Gasteiger partial charge in [0.15, 0.2) is 0 Å². The average molecular weight is 191 g/mol. The van der Waals surface area contributed by atoms with E-state index in [0.717, 1.165) is 18.7 Å². The van der Waals surface area contributed by atoms with E-state index in [1.807, 2.05) is 13.2 Å². The first kappa shape index (κ1) is 11.8. The predicted molar refractivity (Wildman–Crippen MR) is 52.7 cm³/mol. The highest BCUT2D eigenvalue weighted by atomic mass is 32.2. The van der Waals surface area contributed by atoms with Crippen molar-refractivity contribution in [2.75, 3.05) is 18.6 Å². The van der Waals surface area contributed by atoms with Gasteiger partial charge in [0.25, 0.3) is 0 Å². The minimum atomic E-state index is -0.738. The number of hydrogen-bond donors (Lipinski definition) is 2. The van der Waals surface area contributed by atoms with Gasteiger partial charge in [0, 0.05) is 0 Å². The number of hydrogen-bond acceptors (Lipinski definition) is 3. The molecule has 0 heterocycles. The molecule has 0 saturated carbocycles. The Balaban J connectivity index is 3.62. The number of aliphatic carboxylic acids is 1. The lowest BCUT2D eigenvalue weighted by molar-refractivity contribution is -0.139. The molecule has 2 N–H and O–H groups in total. The molecule has 1 atom stereocenters. The van der Waals surface area contributed by atoms with E-state index >= 15 is 0 Å². The molecule has 0 aliphatic rings. The molecule has 0 amide bonds. The number of thioether (sulfide) groups is 1. The fourth-order valence-electron chi connectivity index (χ4n) is 0.867. The molecule has 72 valence electrons. The molecule has 0 aliphatic carbocycles. The van der Waals surface area contributed by atoms with Gasteiger partial charge in [0.1, 0.15) is 6.04 Å². The SMILES string of the molecule is CCCN[C@H](CCSC)C(=O)O. The summed E-state index contributed by atoms with van der Waals surface area (Å²) in [4.78, 5) is 10.6. The van der Waals surface area contributed by atoms with E-state index in [-0.39, 0.29) is 6.04 Å². The standard InChI is InChI=1S/C8H17NO2S/c1-3-5-9-7(8(10)11)4-6-12-2/h7,9H,3-6H2,1-2H3,(H,10,11)/t7-/m1/s1. The zero-order chi connectivity index (χ0) is 9.40. The summed E-state index contributed by atoms with van der Waals surface area (Å²) in [5.41, 5.74) is 0. The molecule has 0 aromatic carbocycles. The van der Waals surface area contributed by atoms with Crippen LogP contribution in [0, 0.1) is 0 Å². The number of nitrogens with one attached hydrogen (secondary N) is 1. The maximum absolute atomic E-state index is 10.6. The molecule has 0 saturated heterocycles. The van der Waals surface area contributed by atoms with Gasteiger partial charge in [-0.25, -0.2) is 0 Å². The summed E-state index contributed by atoms with van der Waals surface area (Å²) in [6.45, 7) is 2.81. The molecule has 0 rings (SSSR count). The van der Waals surface area contributed by atoms with Crippen LogP contribution in [0.15, 0.2) is 0 Å². The summed E-state index contributed by atoms with van der Waals surface area (Å²) in [5, 5.41) is 11.7. The van der Waals surface area contributed by atoms with Crippen molar-refractivity contribution in [3.05, 3.63) is 0 Å². The van der Waals surface area contributed by atoms with Crippen molar-refractivity contribution in [3.63, 3.8) is 0 Å². The van der Waals surface area contributed by atoms with Crippen molar-refractivity contribution in [2.45, 2.75) is 25.8 Å². The van der Waals surface area contributed by atoms with Gasteiger partial charge in [-0.15, -0.1) is 0 Å². The summed E-state index contributed by atoms with van der Waals surface area (Å²) >= 11 is 1.68. The molecule has 0 fully saturated rings. The van der Waals surface area contributed by atoms with Crippen LogP contribution in [0.1, 0.15) is 19.8 Å². The van der Waals surface area contributed by atoms with E-state index in [0.29, 0.717) is 6.42 Å². The average Bonchev–Trinajstić information content (AvgIpc) is 2.04. The summed E-state index contributed by atoms with van der Waals surface area (Å²) in [5.74, 6) is 0.158. The Morgan fingerprint density at radius 1 is 1.67 bits per heavy atom. The highest BCUT2D eigenvalue weighted by Crippen LogP contribution is 2.00. The van der Waals surface area contributed by atoms with Gasteiger partial charge in [-0.1, -0.05) is 6.92 Å². The number of carboxylic acids is 1. The van der Waals surface area contributed by atoms with Crippen LogP contribution in [-0.4, -0.2) is 35.7 Å². The van der Waals surface area contributed by atoms with Gasteiger partial charge in [-0.05, 0) is 31.4 Å². The van der Waals surface area contributed by atoms with Crippen molar-refractivity contribution in [1.29, 1.82) is 0 Å². The van der Waals surface area contributed by atoms with Gasteiger partial charge >= 0.3 is 5.97 Å². The van der Waals surface area contributed by atoms with Crippen molar-refractivity contribution in [3.8, 4) is 0 Å². The van der Waals surface area contributed by atoms with E-state index in [4.69, 9.17) is 5.11 Å². The highest BCUT2D eigenvalue weighted by molar-refractivity contribution is 7.98. The quantitative estimate of drug-likeness (QED) is 0.634. The molecule has 4 heteroatoms. The van der Waals surface area contributed by atoms with Crippen molar-refractivity contribution < 1.29 is 9.90 Å². The molecule has 0 aliphatic heterocycles. The van der Waals surface area contributed by atoms with Crippen LogP contribution >= 0.6 is 11.8 Å². The second-order valence-corrected chi connectivity index (χ2v) is 3.61. The topological polar surface area (TPSA) is 49.3 Å². The second kappa shape index (κ2) is 7.43. The van der Waals surface area contributed by atoms with Gasteiger partial charge in [-0.2, -0.15) is 11.8 Å². The Morgan fingerprint density at radius 3 is 2.75 bits per heavy atom. The highest BCUT2D eigenvalue weighted by Gasteiger charge is 2.14. The lowest BCUT2D eigenvalue weighted by atomic mass is 10.2. The molecule has 0 aromatic heterocycles. The van der Waals surface area contributed by atoms with Crippen molar-refractivity contribution >= 4 is 17.7 Å². The minimum Gasteiger partial charge on any atom is -0.480 e. The normalized spacial score (nSPS) is 12.8. The van der Waals surface area contributed by atoms with Gasteiger partial charge in [-0.3, -0.25) is 4.79 Å². The van der Waals surface area contributed by atoms with Crippen LogP contribution in [0.3, 0.4) is 0 Å². The van der Waals surface area contributed by atoms with Crippen LogP contribution in [-0.2, 0) is 4.79 Å². The first-order valence-electron chi connectivity index (χ1n) is 4.17. The first-order valence-corrected chi connectivity index (χ1v) is 5.56. The predicted octanol–water partition coefficient (Wildman–Crippen LogP) is 1.19. The van der Waals surface area contributed by atoms with Crippen LogP contribution in [0.25, 0.3) is 0 Å². The fraction of sp³-hybridized carbons (Fsp3) is 0.875. The maximum atomic E-state index is 10.6. The lowest BCUT2D eigenvalue weighted by Crippen LogP contribution is -2.37. The van der Waals surface area contributed by atoms with E-state index in [9.17, 15) is 4.79 Å². The summed E-state index contributed by atoms with van der Waals surface area (Å²) < 4.78 is 0. The Morgan fingerprint density at radius 2 is 2.33 bits per heavy atom. The number of carbonyl (C=O) groups is 1. The lowest BCUT2D eigenvalue weighted by Gasteiger charge is -2.12. The van der Waals surface area contributed by atoms with Crippen LogP contribution < -0.4 is 5.32 Å². The number of carboxylic acid groups (broad SMARTS) is 1. The molecule has 0 bridgehead atoms. The van der Waals surface area contributed by atoms with Crippen LogP contribution in [0.2, 0.25) is 0 Å². The first-order chi connectivity index (χ1) is 5.72. The second-order valence-electron chi connectivity index (χ2n) is 2.63. The van der Waals surface area contributed by atoms with E-state index in [1.165, 1.54) is 0 Å². The van der Waals surface area contributed by atoms with E-state index in [1.54, 1.807) is 11.8 Å². The summed E-state index contributed by atoms with van der Waals surface area (Å²) in [6, 6.07) is -0.364. The molecular formula is C8H17NO2S. The smallest absolute Gasteiger partial charge is 0.320 e. The molecule has 0 spiro atoms. The summed E-state index contributed by atoms with van der Waals surface area (Å²) in [7, 11) is 0. The summed E-state index contributed by atoms with van der Waals surface area (Å²) in [6.07, 6.45) is 3.66. The third-order valence-electron chi connectivity index (χ3n) is 1.55.